The molecule has 1 aliphatic heterocycles. The van der Waals surface area contributed by atoms with E-state index in [-0.39, 0.29) is 22.9 Å². The average molecular weight is 489 g/mol. The highest BCUT2D eigenvalue weighted by Gasteiger charge is 2.28. The number of rotatable bonds is 7. The van der Waals surface area contributed by atoms with Gasteiger partial charge < -0.3 is 9.47 Å². The first-order chi connectivity index (χ1) is 15.8. The molecule has 3 aromatic carbocycles. The van der Waals surface area contributed by atoms with Crippen molar-refractivity contribution in [3.05, 3.63) is 78.9 Å². The van der Waals surface area contributed by atoms with E-state index in [1.807, 2.05) is 18.2 Å². The lowest BCUT2D eigenvalue weighted by molar-refractivity contribution is 0.0730. The first-order valence-electron chi connectivity index (χ1n) is 10.3. The molecule has 8 nitrogen and oxygen atoms in total. The summed E-state index contributed by atoms with van der Waals surface area (Å²) in [5.41, 5.74) is 0.353. The van der Waals surface area contributed by atoms with Crippen LogP contribution in [0, 0.1) is 0 Å². The van der Waals surface area contributed by atoms with Gasteiger partial charge in [-0.25, -0.2) is 16.8 Å². The lowest BCUT2D eigenvalue weighted by Crippen LogP contribution is -2.40. The molecule has 1 saturated heterocycles. The lowest BCUT2D eigenvalue weighted by atomic mass is 10.3. The summed E-state index contributed by atoms with van der Waals surface area (Å²) in [7, 11) is -6.25. The topological polar surface area (TPSA) is 93.2 Å². The summed E-state index contributed by atoms with van der Waals surface area (Å²) in [5.74, 6) is 0.953. The monoisotopic (exact) mass is 488 g/mol. The van der Waals surface area contributed by atoms with Gasteiger partial charge in [0.25, 0.3) is 10.0 Å². The molecule has 0 bridgehead atoms. The Morgan fingerprint density at radius 2 is 1.36 bits per heavy atom. The molecule has 0 amide bonds. The molecule has 0 aliphatic carbocycles. The number of para-hydroxylation sites is 3. The largest absolute Gasteiger partial charge is 0.455 e. The molecule has 174 valence electrons. The number of anilines is 1. The van der Waals surface area contributed by atoms with Crippen LogP contribution in [0.3, 0.4) is 0 Å². The summed E-state index contributed by atoms with van der Waals surface area (Å²) in [6, 6.07) is 21.1. The van der Waals surface area contributed by atoms with Crippen LogP contribution in [-0.2, 0) is 24.8 Å². The number of hydrogen-bond donors (Lipinski definition) is 0. The molecule has 33 heavy (non-hydrogen) atoms. The zero-order chi connectivity index (χ0) is 23.5. The van der Waals surface area contributed by atoms with Gasteiger partial charge in [0.1, 0.15) is 5.75 Å². The zero-order valence-electron chi connectivity index (χ0n) is 18.0. The average Bonchev–Trinajstić information content (AvgIpc) is 2.85. The second-order valence-electron chi connectivity index (χ2n) is 7.34. The molecule has 0 atom stereocenters. The van der Waals surface area contributed by atoms with Crippen LogP contribution in [0.15, 0.2) is 88.7 Å². The molecule has 0 saturated carbocycles. The van der Waals surface area contributed by atoms with Gasteiger partial charge in [-0.1, -0.05) is 30.3 Å². The van der Waals surface area contributed by atoms with E-state index >= 15 is 0 Å². The summed E-state index contributed by atoms with van der Waals surface area (Å²) >= 11 is 0. The highest BCUT2D eigenvalue weighted by Crippen LogP contribution is 2.34. The Bertz CT molecular complexity index is 1300. The van der Waals surface area contributed by atoms with Crippen LogP contribution in [0.25, 0.3) is 0 Å². The molecule has 0 spiro atoms. The van der Waals surface area contributed by atoms with Gasteiger partial charge in [-0.3, -0.25) is 4.31 Å². The van der Waals surface area contributed by atoms with E-state index in [2.05, 4.69) is 0 Å². The van der Waals surface area contributed by atoms with Crippen molar-refractivity contribution in [3.8, 4) is 11.5 Å². The molecule has 3 aromatic rings. The Morgan fingerprint density at radius 1 is 0.788 bits per heavy atom. The van der Waals surface area contributed by atoms with Gasteiger partial charge in [-0.05, 0) is 48.5 Å². The highest BCUT2D eigenvalue weighted by atomic mass is 32.2. The van der Waals surface area contributed by atoms with E-state index in [1.54, 1.807) is 36.4 Å². The predicted octanol–water partition coefficient (Wildman–Crippen LogP) is 3.32. The van der Waals surface area contributed by atoms with Crippen LogP contribution in [0.2, 0.25) is 0 Å². The van der Waals surface area contributed by atoms with Gasteiger partial charge in [-0.2, -0.15) is 4.31 Å². The van der Waals surface area contributed by atoms with Crippen LogP contribution in [0.1, 0.15) is 0 Å². The van der Waals surface area contributed by atoms with Crippen molar-refractivity contribution < 1.29 is 26.3 Å². The van der Waals surface area contributed by atoms with Gasteiger partial charge in [0.05, 0.1) is 28.7 Å². The third-order valence-electron chi connectivity index (χ3n) is 5.27. The van der Waals surface area contributed by atoms with E-state index in [1.165, 1.54) is 35.6 Å². The molecule has 1 aliphatic rings. The van der Waals surface area contributed by atoms with Crippen molar-refractivity contribution in [2.45, 2.75) is 9.79 Å². The highest BCUT2D eigenvalue weighted by molar-refractivity contribution is 7.92. The number of hydrogen-bond acceptors (Lipinski definition) is 6. The molecule has 0 unspecified atom stereocenters. The van der Waals surface area contributed by atoms with Gasteiger partial charge in [0.15, 0.2) is 5.75 Å². The second kappa shape index (κ2) is 9.52. The maximum Gasteiger partial charge on any atom is 0.264 e. The van der Waals surface area contributed by atoms with Crippen molar-refractivity contribution in [2.24, 2.45) is 0 Å². The Morgan fingerprint density at radius 3 is 2.03 bits per heavy atom. The van der Waals surface area contributed by atoms with Crippen molar-refractivity contribution >= 4 is 25.7 Å². The number of nitrogens with zero attached hydrogens (tertiary/aromatic N) is 2. The zero-order valence-corrected chi connectivity index (χ0v) is 19.6. The third kappa shape index (κ3) is 4.88. The molecule has 0 N–H and O–H groups in total. The van der Waals surface area contributed by atoms with Crippen LogP contribution in [0.4, 0.5) is 5.69 Å². The number of benzene rings is 3. The summed E-state index contributed by atoms with van der Waals surface area (Å²) in [5, 5.41) is 0. The summed E-state index contributed by atoms with van der Waals surface area (Å²) in [4.78, 5) is 0.0132. The van der Waals surface area contributed by atoms with Gasteiger partial charge in [0.2, 0.25) is 10.0 Å². The van der Waals surface area contributed by atoms with E-state index in [0.29, 0.717) is 30.4 Å². The molecule has 0 radical (unpaired) electrons. The Labute approximate surface area is 194 Å². The van der Waals surface area contributed by atoms with E-state index in [0.717, 1.165) is 4.31 Å². The van der Waals surface area contributed by atoms with Crippen LogP contribution < -0.4 is 9.04 Å². The molecule has 4 rings (SSSR count). The second-order valence-corrected chi connectivity index (χ2v) is 11.3. The maximum absolute atomic E-state index is 13.3. The Balaban J connectivity index is 1.60. The third-order valence-corrected chi connectivity index (χ3v) is 8.96. The molecule has 0 aromatic heterocycles. The Hall–Kier alpha value is -2.92. The summed E-state index contributed by atoms with van der Waals surface area (Å²) in [6.45, 7) is 1.20. The molecular formula is C23H24N2O6S2. The molecule has 1 heterocycles. The van der Waals surface area contributed by atoms with Crippen molar-refractivity contribution in [2.75, 3.05) is 37.7 Å². The fourth-order valence-electron chi connectivity index (χ4n) is 3.43. The Kier molecular flexibility index (Phi) is 6.71. The molecular weight excluding hydrogens is 464 g/mol. The van der Waals surface area contributed by atoms with Gasteiger partial charge in [0, 0.05) is 20.1 Å². The van der Waals surface area contributed by atoms with Gasteiger partial charge >= 0.3 is 0 Å². The SMILES string of the molecule is CN(c1ccccc1Oc1ccccc1)S(=O)(=O)c1ccc(S(=O)(=O)N2CCOCC2)cc1. The van der Waals surface area contributed by atoms with Crippen LogP contribution in [0.5, 0.6) is 11.5 Å². The summed E-state index contributed by atoms with van der Waals surface area (Å²) < 4.78 is 65.8. The number of ether oxygens (including phenoxy) is 2. The minimum Gasteiger partial charge on any atom is -0.455 e. The number of sulfonamides is 2. The summed E-state index contributed by atoms with van der Waals surface area (Å²) in [6.07, 6.45) is 0. The van der Waals surface area contributed by atoms with Crippen molar-refractivity contribution in [1.29, 1.82) is 0 Å². The fourth-order valence-corrected chi connectivity index (χ4v) is 6.04. The lowest BCUT2D eigenvalue weighted by Gasteiger charge is -2.26. The van der Waals surface area contributed by atoms with Gasteiger partial charge in [-0.15, -0.1) is 0 Å². The minimum absolute atomic E-state index is 0.0274. The van der Waals surface area contributed by atoms with Crippen molar-refractivity contribution in [3.63, 3.8) is 0 Å². The molecule has 10 heteroatoms. The number of morpholine rings is 1. The normalized spacial score (nSPS) is 15.2. The predicted molar refractivity (Wildman–Crippen MR) is 125 cm³/mol. The van der Waals surface area contributed by atoms with E-state index in [4.69, 9.17) is 9.47 Å². The van der Waals surface area contributed by atoms with Crippen molar-refractivity contribution in [1.82, 2.24) is 4.31 Å². The van der Waals surface area contributed by atoms with Crippen LogP contribution in [-0.4, -0.2) is 54.5 Å². The first-order valence-corrected chi connectivity index (χ1v) is 13.2. The van der Waals surface area contributed by atoms with E-state index in [9.17, 15) is 16.8 Å². The van der Waals surface area contributed by atoms with Crippen LogP contribution >= 0.6 is 0 Å². The van der Waals surface area contributed by atoms with E-state index < -0.39 is 20.0 Å². The fraction of sp³-hybridized carbons (Fsp3) is 0.217. The first kappa shape index (κ1) is 23.2. The quantitative estimate of drug-likeness (QED) is 0.507. The minimum atomic E-state index is -3.97. The smallest absolute Gasteiger partial charge is 0.264 e. The standard InChI is InChI=1S/C23H24N2O6S2/c1-24(22-9-5-6-10-23(22)31-19-7-3-2-4-8-19)32(26,27)20-11-13-21(14-12-20)33(28,29)25-15-17-30-18-16-25/h2-14H,15-18H2,1H3. The molecule has 1 fully saturated rings. The maximum atomic E-state index is 13.3.